The normalized spacial score (nSPS) is 9.95. The van der Waals surface area contributed by atoms with Gasteiger partial charge in [0, 0.05) is 0 Å². The maximum Gasteiger partial charge on any atom is 0.128 e. The molecule has 3 heteroatoms. The molecule has 0 bridgehead atoms. The lowest BCUT2D eigenvalue weighted by atomic mass is 10.0. The number of aromatic hydroxyl groups is 2. The van der Waals surface area contributed by atoms with Crippen LogP contribution in [0.1, 0.15) is 30.9 Å². The highest BCUT2D eigenvalue weighted by molar-refractivity contribution is 14.1. The van der Waals surface area contributed by atoms with Crippen molar-refractivity contribution in [1.82, 2.24) is 0 Å². The van der Waals surface area contributed by atoms with Crippen molar-refractivity contribution in [2.75, 3.05) is 0 Å². The molecule has 2 aromatic carbocycles. The molecule has 0 heterocycles. The van der Waals surface area contributed by atoms with Gasteiger partial charge in [0.05, 0.1) is 3.57 Å². The molecule has 0 radical (unpaired) electrons. The summed E-state index contributed by atoms with van der Waals surface area (Å²) in [6.07, 6.45) is 0. The van der Waals surface area contributed by atoms with Crippen LogP contribution in [-0.4, -0.2) is 10.2 Å². The third-order valence-electron chi connectivity index (χ3n) is 2.66. The summed E-state index contributed by atoms with van der Waals surface area (Å²) in [5.41, 5.74) is 2.13. The molecule has 0 aromatic heterocycles. The molecule has 0 atom stereocenters. The molecule has 2 aromatic rings. The Morgan fingerprint density at radius 1 is 0.947 bits per heavy atom. The van der Waals surface area contributed by atoms with E-state index in [9.17, 15) is 5.11 Å². The number of rotatable bonds is 1. The fourth-order valence-electron chi connectivity index (χ4n) is 1.59. The van der Waals surface area contributed by atoms with Crippen molar-refractivity contribution in [1.29, 1.82) is 0 Å². The number of aryl methyl sites for hydroxylation is 1. The fourth-order valence-corrected chi connectivity index (χ4v) is 1.98. The van der Waals surface area contributed by atoms with Crippen molar-refractivity contribution in [2.45, 2.75) is 26.7 Å². The molecule has 2 rings (SSSR count). The zero-order chi connectivity index (χ0) is 14.4. The van der Waals surface area contributed by atoms with Crippen molar-refractivity contribution in [3.63, 3.8) is 0 Å². The third kappa shape index (κ3) is 5.11. The second-order valence-corrected chi connectivity index (χ2v) is 5.83. The molecule has 0 saturated carbocycles. The van der Waals surface area contributed by atoms with Gasteiger partial charge in [0.15, 0.2) is 0 Å². The van der Waals surface area contributed by atoms with Gasteiger partial charge >= 0.3 is 0 Å². The molecule has 0 aliphatic rings. The van der Waals surface area contributed by atoms with Crippen LogP contribution in [0.5, 0.6) is 11.5 Å². The highest BCUT2D eigenvalue weighted by atomic mass is 127. The van der Waals surface area contributed by atoms with E-state index in [1.165, 1.54) is 0 Å². The highest BCUT2D eigenvalue weighted by Gasteiger charge is 2.03. The molecule has 0 aliphatic heterocycles. The molecule has 102 valence electrons. The van der Waals surface area contributed by atoms with E-state index in [1.807, 2.05) is 31.2 Å². The number of halogens is 1. The summed E-state index contributed by atoms with van der Waals surface area (Å²) in [7, 11) is 0. The summed E-state index contributed by atoms with van der Waals surface area (Å²) in [5, 5.41) is 18.4. The van der Waals surface area contributed by atoms with E-state index in [0.717, 1.165) is 14.7 Å². The minimum Gasteiger partial charge on any atom is -0.508 e. The van der Waals surface area contributed by atoms with Crippen LogP contribution in [0.4, 0.5) is 0 Å². The quantitative estimate of drug-likeness (QED) is 0.707. The predicted molar refractivity (Wildman–Crippen MR) is 87.8 cm³/mol. The van der Waals surface area contributed by atoms with Gasteiger partial charge in [0.1, 0.15) is 11.5 Å². The minimum absolute atomic E-state index is 0.355. The van der Waals surface area contributed by atoms with Crippen molar-refractivity contribution in [2.24, 2.45) is 0 Å². The van der Waals surface area contributed by atoms with Crippen LogP contribution >= 0.6 is 22.6 Å². The Morgan fingerprint density at radius 3 is 2.00 bits per heavy atom. The molecule has 0 fully saturated rings. The van der Waals surface area contributed by atoms with Gasteiger partial charge in [-0.05, 0) is 64.8 Å². The van der Waals surface area contributed by atoms with E-state index in [1.54, 1.807) is 18.2 Å². The third-order valence-corrected chi connectivity index (χ3v) is 3.57. The van der Waals surface area contributed by atoms with Crippen LogP contribution in [0.25, 0.3) is 0 Å². The first-order valence-corrected chi connectivity index (χ1v) is 7.22. The van der Waals surface area contributed by atoms with E-state index in [0.29, 0.717) is 17.4 Å². The monoisotopic (exact) mass is 370 g/mol. The molecule has 0 spiro atoms. The van der Waals surface area contributed by atoms with E-state index in [2.05, 4.69) is 36.4 Å². The molecule has 0 unspecified atom stereocenters. The zero-order valence-electron chi connectivity index (χ0n) is 11.4. The number of benzene rings is 2. The van der Waals surface area contributed by atoms with Gasteiger partial charge in [-0.25, -0.2) is 0 Å². The smallest absolute Gasteiger partial charge is 0.128 e. The van der Waals surface area contributed by atoms with Crippen LogP contribution in [-0.2, 0) is 0 Å². The lowest BCUT2D eigenvalue weighted by molar-refractivity contribution is 0.464. The molecule has 0 aliphatic carbocycles. The molecular formula is C16H19IO2. The molecule has 2 N–H and O–H groups in total. The Balaban J connectivity index is 0.000000200. The number of hydrogen-bond acceptors (Lipinski definition) is 2. The van der Waals surface area contributed by atoms with Gasteiger partial charge in [0.2, 0.25) is 0 Å². The second-order valence-electron chi connectivity index (χ2n) is 4.67. The maximum atomic E-state index is 9.46. The summed E-state index contributed by atoms with van der Waals surface area (Å²) in [5.74, 6) is 1.17. The average Bonchev–Trinajstić information content (AvgIpc) is 2.33. The summed E-state index contributed by atoms with van der Waals surface area (Å²) in [4.78, 5) is 0. The first-order valence-electron chi connectivity index (χ1n) is 6.14. The van der Waals surface area contributed by atoms with Crippen LogP contribution < -0.4 is 0 Å². The van der Waals surface area contributed by atoms with Gasteiger partial charge in [-0.2, -0.15) is 0 Å². The summed E-state index contributed by atoms with van der Waals surface area (Å²) in [6, 6.07) is 13.0. The summed E-state index contributed by atoms with van der Waals surface area (Å²) in [6.45, 7) is 6.12. The molecule has 0 saturated heterocycles. The molecular weight excluding hydrogens is 351 g/mol. The fraction of sp³-hybridized carbons (Fsp3) is 0.250. The topological polar surface area (TPSA) is 40.5 Å². The number of para-hydroxylation sites is 1. The number of phenolic OH excluding ortho intramolecular Hbond substituents is 2. The zero-order valence-corrected chi connectivity index (χ0v) is 13.5. The Bertz CT molecular complexity index is 515. The SMILES string of the molecule is Cc1ccc(C(C)C)c(O)c1.Oc1ccccc1I. The van der Waals surface area contributed by atoms with Crippen LogP contribution in [0.15, 0.2) is 42.5 Å². The Labute approximate surface area is 128 Å². The predicted octanol–water partition coefficient (Wildman–Crippen LogP) is 4.82. The summed E-state index contributed by atoms with van der Waals surface area (Å²) >= 11 is 2.07. The van der Waals surface area contributed by atoms with Crippen LogP contribution in [0.3, 0.4) is 0 Å². The largest absolute Gasteiger partial charge is 0.508 e. The van der Waals surface area contributed by atoms with Gasteiger partial charge in [0.25, 0.3) is 0 Å². The molecule has 19 heavy (non-hydrogen) atoms. The lowest BCUT2D eigenvalue weighted by Gasteiger charge is -2.07. The average molecular weight is 370 g/mol. The number of hydrogen-bond donors (Lipinski definition) is 2. The van der Waals surface area contributed by atoms with Crippen molar-refractivity contribution in [3.05, 3.63) is 57.2 Å². The van der Waals surface area contributed by atoms with Crippen LogP contribution in [0.2, 0.25) is 0 Å². The van der Waals surface area contributed by atoms with Gasteiger partial charge in [-0.1, -0.05) is 38.1 Å². The van der Waals surface area contributed by atoms with E-state index in [4.69, 9.17) is 5.11 Å². The molecule has 2 nitrogen and oxygen atoms in total. The Hall–Kier alpha value is -1.23. The maximum absolute atomic E-state index is 9.46. The van der Waals surface area contributed by atoms with Crippen LogP contribution in [0, 0.1) is 10.5 Å². The highest BCUT2D eigenvalue weighted by Crippen LogP contribution is 2.25. The van der Waals surface area contributed by atoms with Gasteiger partial charge in [-0.15, -0.1) is 0 Å². The Morgan fingerprint density at radius 2 is 1.58 bits per heavy atom. The lowest BCUT2D eigenvalue weighted by Crippen LogP contribution is -1.87. The van der Waals surface area contributed by atoms with Crippen molar-refractivity contribution >= 4 is 22.6 Å². The minimum atomic E-state index is 0.355. The summed E-state index contributed by atoms with van der Waals surface area (Å²) < 4.78 is 0.894. The first kappa shape index (κ1) is 15.8. The van der Waals surface area contributed by atoms with E-state index in [-0.39, 0.29) is 0 Å². The van der Waals surface area contributed by atoms with E-state index >= 15 is 0 Å². The second kappa shape index (κ2) is 7.38. The van der Waals surface area contributed by atoms with Crippen molar-refractivity contribution in [3.8, 4) is 11.5 Å². The number of phenols is 2. The van der Waals surface area contributed by atoms with Crippen molar-refractivity contribution < 1.29 is 10.2 Å². The Kier molecular flexibility index (Phi) is 6.15. The van der Waals surface area contributed by atoms with Gasteiger partial charge < -0.3 is 10.2 Å². The first-order chi connectivity index (χ1) is 8.91. The molecule has 0 amide bonds. The van der Waals surface area contributed by atoms with E-state index < -0.39 is 0 Å². The van der Waals surface area contributed by atoms with Gasteiger partial charge in [-0.3, -0.25) is 0 Å². The standard InChI is InChI=1S/C10H14O.C6H5IO/c1-7(2)9-5-4-8(3)6-10(9)11;7-5-3-1-2-4-6(5)8/h4-7,11H,1-3H3;1-4,8H.